The molecule has 1 amide bonds. The summed E-state index contributed by atoms with van der Waals surface area (Å²) in [5.41, 5.74) is 0.912. The summed E-state index contributed by atoms with van der Waals surface area (Å²) in [6, 6.07) is 9.13. The summed E-state index contributed by atoms with van der Waals surface area (Å²) < 4.78 is 1.69. The molecule has 0 aliphatic carbocycles. The van der Waals surface area contributed by atoms with Gasteiger partial charge in [-0.1, -0.05) is 0 Å². The second-order valence-corrected chi connectivity index (χ2v) is 6.61. The van der Waals surface area contributed by atoms with E-state index in [2.05, 4.69) is 30.5 Å². The third kappa shape index (κ3) is 3.93. The molecule has 9 heteroatoms. The zero-order valence-electron chi connectivity index (χ0n) is 15.6. The second-order valence-electron chi connectivity index (χ2n) is 6.61. The third-order valence-electron chi connectivity index (χ3n) is 4.80. The molecule has 0 aromatic carbocycles. The first kappa shape index (κ1) is 17.9. The summed E-state index contributed by atoms with van der Waals surface area (Å²) in [6.45, 7) is 4.64. The lowest BCUT2D eigenvalue weighted by molar-refractivity contribution is -0.134. The Morgan fingerprint density at radius 1 is 1.04 bits per heavy atom. The van der Waals surface area contributed by atoms with Crippen molar-refractivity contribution in [1.29, 1.82) is 0 Å². The van der Waals surface area contributed by atoms with E-state index in [0.717, 1.165) is 24.6 Å². The summed E-state index contributed by atoms with van der Waals surface area (Å²) in [5, 5.41) is 15.9. The fourth-order valence-corrected chi connectivity index (χ4v) is 3.19. The van der Waals surface area contributed by atoms with Crippen LogP contribution in [0.1, 0.15) is 13.0 Å². The third-order valence-corrected chi connectivity index (χ3v) is 4.80. The van der Waals surface area contributed by atoms with Gasteiger partial charge in [0.1, 0.15) is 6.04 Å². The number of hydrogen-bond acceptors (Lipinski definition) is 7. The van der Waals surface area contributed by atoms with Gasteiger partial charge in [0.25, 0.3) is 0 Å². The molecule has 0 radical (unpaired) electrons. The number of hydrogen-bond donors (Lipinski definition) is 1. The lowest BCUT2D eigenvalue weighted by atomic mass is 10.2. The number of rotatable bonds is 5. The molecule has 3 aromatic heterocycles. The molecule has 28 heavy (non-hydrogen) atoms. The fraction of sp³-hybridized carbons (Fsp3) is 0.316. The van der Waals surface area contributed by atoms with Gasteiger partial charge in [0, 0.05) is 56.7 Å². The van der Waals surface area contributed by atoms with Gasteiger partial charge in [-0.2, -0.15) is 5.10 Å². The minimum atomic E-state index is -0.292. The predicted octanol–water partition coefficient (Wildman–Crippen LogP) is 1.72. The summed E-state index contributed by atoms with van der Waals surface area (Å²) in [5.74, 6) is 1.58. The zero-order chi connectivity index (χ0) is 19.3. The first-order valence-corrected chi connectivity index (χ1v) is 9.24. The Morgan fingerprint density at radius 2 is 1.82 bits per heavy atom. The molecule has 0 bridgehead atoms. The Bertz CT molecular complexity index is 889. The molecule has 0 saturated carbocycles. The van der Waals surface area contributed by atoms with Gasteiger partial charge in [-0.25, -0.2) is 0 Å². The lowest BCUT2D eigenvalue weighted by Crippen LogP contribution is -2.50. The van der Waals surface area contributed by atoms with Gasteiger partial charge in [0.15, 0.2) is 11.6 Å². The molecule has 1 aliphatic heterocycles. The van der Waals surface area contributed by atoms with Crippen molar-refractivity contribution in [1.82, 2.24) is 29.9 Å². The average Bonchev–Trinajstić information content (AvgIpc) is 3.29. The molecular weight excluding hydrogens is 356 g/mol. The topological polar surface area (TPSA) is 92.1 Å². The lowest BCUT2D eigenvalue weighted by Gasteiger charge is -2.36. The van der Waals surface area contributed by atoms with Gasteiger partial charge in [0.05, 0.1) is 0 Å². The summed E-state index contributed by atoms with van der Waals surface area (Å²) in [6.07, 6.45) is 6.94. The van der Waals surface area contributed by atoms with Gasteiger partial charge >= 0.3 is 0 Å². The standard InChI is InChI=1S/C19H22N8O/c1-15(27-10-2-7-21-27)19(28)26-13-11-25(12-14-26)18-4-3-17(23-24-18)22-16-5-8-20-9-6-16/h2-10,15H,11-14H2,1H3,(H,20,22,23). The molecule has 1 aliphatic rings. The van der Waals surface area contributed by atoms with E-state index >= 15 is 0 Å². The number of anilines is 3. The van der Waals surface area contributed by atoms with Crippen molar-refractivity contribution in [2.24, 2.45) is 0 Å². The molecule has 4 heterocycles. The summed E-state index contributed by atoms with van der Waals surface area (Å²) in [7, 11) is 0. The van der Waals surface area contributed by atoms with Crippen LogP contribution in [0.25, 0.3) is 0 Å². The van der Waals surface area contributed by atoms with Gasteiger partial charge < -0.3 is 15.1 Å². The molecular formula is C19H22N8O. The first-order valence-electron chi connectivity index (χ1n) is 9.24. The van der Waals surface area contributed by atoms with Gasteiger partial charge in [-0.15, -0.1) is 10.2 Å². The fourth-order valence-electron chi connectivity index (χ4n) is 3.19. The Balaban J connectivity index is 1.33. The van der Waals surface area contributed by atoms with Gasteiger partial charge in [-0.3, -0.25) is 14.5 Å². The molecule has 1 unspecified atom stereocenters. The SMILES string of the molecule is CC(C(=O)N1CCN(c2ccc(Nc3ccncc3)nn2)CC1)n1cccn1. The summed E-state index contributed by atoms with van der Waals surface area (Å²) >= 11 is 0. The number of pyridine rings is 1. The van der Waals surface area contributed by atoms with Crippen LogP contribution < -0.4 is 10.2 Å². The van der Waals surface area contributed by atoms with Crippen molar-refractivity contribution in [3.05, 3.63) is 55.1 Å². The number of amides is 1. The molecule has 1 N–H and O–H groups in total. The highest BCUT2D eigenvalue weighted by molar-refractivity contribution is 5.80. The van der Waals surface area contributed by atoms with Crippen molar-refractivity contribution in [2.75, 3.05) is 36.4 Å². The van der Waals surface area contributed by atoms with Crippen molar-refractivity contribution in [2.45, 2.75) is 13.0 Å². The van der Waals surface area contributed by atoms with Crippen LogP contribution in [-0.4, -0.2) is 61.9 Å². The average molecular weight is 378 g/mol. The van der Waals surface area contributed by atoms with E-state index in [-0.39, 0.29) is 11.9 Å². The van der Waals surface area contributed by atoms with Crippen LogP contribution in [-0.2, 0) is 4.79 Å². The summed E-state index contributed by atoms with van der Waals surface area (Å²) in [4.78, 5) is 20.7. The number of aromatic nitrogens is 5. The number of carbonyl (C=O) groups is 1. The highest BCUT2D eigenvalue weighted by Gasteiger charge is 2.26. The smallest absolute Gasteiger partial charge is 0.247 e. The maximum atomic E-state index is 12.7. The maximum absolute atomic E-state index is 12.7. The highest BCUT2D eigenvalue weighted by Crippen LogP contribution is 2.18. The minimum absolute atomic E-state index is 0.0892. The van der Waals surface area contributed by atoms with Crippen LogP contribution in [0.3, 0.4) is 0 Å². The van der Waals surface area contributed by atoms with Gasteiger partial charge in [-0.05, 0) is 37.3 Å². The van der Waals surface area contributed by atoms with E-state index < -0.39 is 0 Å². The van der Waals surface area contributed by atoms with Crippen LogP contribution in [0, 0.1) is 0 Å². The van der Waals surface area contributed by atoms with E-state index in [0.29, 0.717) is 18.9 Å². The predicted molar refractivity (Wildman–Crippen MR) is 105 cm³/mol. The monoisotopic (exact) mass is 378 g/mol. The van der Waals surface area contributed by atoms with Crippen molar-refractivity contribution in [3.8, 4) is 0 Å². The van der Waals surface area contributed by atoms with E-state index in [4.69, 9.17) is 0 Å². The maximum Gasteiger partial charge on any atom is 0.247 e. The molecule has 3 aromatic rings. The molecule has 9 nitrogen and oxygen atoms in total. The largest absolute Gasteiger partial charge is 0.352 e. The Labute approximate surface area is 163 Å². The van der Waals surface area contributed by atoms with Crippen molar-refractivity contribution >= 4 is 23.2 Å². The highest BCUT2D eigenvalue weighted by atomic mass is 16.2. The van der Waals surface area contributed by atoms with Crippen LogP contribution in [0.5, 0.6) is 0 Å². The number of piperazine rings is 1. The number of nitrogens with one attached hydrogen (secondary N) is 1. The number of nitrogens with zero attached hydrogens (tertiary/aromatic N) is 7. The molecule has 1 fully saturated rings. The quantitative estimate of drug-likeness (QED) is 0.723. The van der Waals surface area contributed by atoms with E-state index in [1.54, 1.807) is 23.3 Å². The van der Waals surface area contributed by atoms with Crippen LogP contribution in [0.4, 0.5) is 17.3 Å². The Morgan fingerprint density at radius 3 is 2.46 bits per heavy atom. The van der Waals surface area contributed by atoms with Crippen molar-refractivity contribution in [3.63, 3.8) is 0 Å². The minimum Gasteiger partial charge on any atom is -0.352 e. The molecule has 144 valence electrons. The first-order chi connectivity index (χ1) is 13.7. The Hall–Kier alpha value is -3.49. The normalized spacial score (nSPS) is 15.3. The van der Waals surface area contributed by atoms with Crippen LogP contribution in [0.15, 0.2) is 55.1 Å². The van der Waals surface area contributed by atoms with Crippen LogP contribution in [0.2, 0.25) is 0 Å². The Kier molecular flexibility index (Phi) is 5.14. The van der Waals surface area contributed by atoms with Crippen molar-refractivity contribution < 1.29 is 4.79 Å². The second kappa shape index (κ2) is 8.03. The zero-order valence-corrected chi connectivity index (χ0v) is 15.6. The number of carbonyl (C=O) groups excluding carboxylic acids is 1. The van der Waals surface area contributed by atoms with E-state index in [9.17, 15) is 4.79 Å². The molecule has 4 rings (SSSR count). The molecule has 0 spiro atoms. The molecule has 1 saturated heterocycles. The van der Waals surface area contributed by atoms with Gasteiger partial charge in [0.2, 0.25) is 5.91 Å². The van der Waals surface area contributed by atoms with E-state index in [1.807, 2.05) is 48.4 Å². The molecule has 1 atom stereocenters. The van der Waals surface area contributed by atoms with Crippen LogP contribution >= 0.6 is 0 Å². The van der Waals surface area contributed by atoms with E-state index in [1.165, 1.54) is 0 Å².